The van der Waals surface area contributed by atoms with Crippen molar-refractivity contribution in [2.24, 2.45) is 0 Å². The predicted octanol–water partition coefficient (Wildman–Crippen LogP) is 2.68. The Kier molecular flexibility index (Phi) is 6.15. The molecule has 0 amide bonds. The van der Waals surface area contributed by atoms with E-state index in [-0.39, 0.29) is 11.9 Å². The highest BCUT2D eigenvalue weighted by Crippen LogP contribution is 2.24. The molecule has 0 aliphatic carbocycles. The molecule has 4 nitrogen and oxygen atoms in total. The lowest BCUT2D eigenvalue weighted by Gasteiger charge is -2.37. The van der Waals surface area contributed by atoms with Gasteiger partial charge in [0, 0.05) is 19.1 Å². The molecule has 2 N–H and O–H groups in total. The summed E-state index contributed by atoms with van der Waals surface area (Å²) in [7, 11) is 0. The number of morpholine rings is 1. The van der Waals surface area contributed by atoms with E-state index in [9.17, 15) is 14.6 Å². The van der Waals surface area contributed by atoms with Gasteiger partial charge in [-0.05, 0) is 29.7 Å². The smallest absolute Gasteiger partial charge is 0.123 e. The Labute approximate surface area is 147 Å². The molecule has 1 heterocycles. The fourth-order valence-corrected chi connectivity index (χ4v) is 3.26. The van der Waals surface area contributed by atoms with Gasteiger partial charge in [-0.3, -0.25) is 4.90 Å². The lowest BCUT2D eigenvalue weighted by Crippen LogP contribution is -2.47. The van der Waals surface area contributed by atoms with Gasteiger partial charge in [0.2, 0.25) is 0 Å². The van der Waals surface area contributed by atoms with Gasteiger partial charge in [-0.25, -0.2) is 4.39 Å². The topological polar surface area (TPSA) is 52.9 Å². The molecule has 2 aromatic carbocycles. The van der Waals surface area contributed by atoms with Crippen LogP contribution in [0.3, 0.4) is 0 Å². The van der Waals surface area contributed by atoms with Crippen LogP contribution in [0, 0.1) is 5.82 Å². The van der Waals surface area contributed by atoms with Crippen molar-refractivity contribution in [1.82, 2.24) is 4.90 Å². The molecule has 0 saturated carbocycles. The minimum absolute atomic E-state index is 0.00663. The number of ether oxygens (including phenoxy) is 1. The van der Waals surface area contributed by atoms with Gasteiger partial charge in [-0.2, -0.15) is 0 Å². The van der Waals surface area contributed by atoms with Gasteiger partial charge in [-0.1, -0.05) is 42.5 Å². The molecule has 5 heteroatoms. The quantitative estimate of drug-likeness (QED) is 0.845. The maximum absolute atomic E-state index is 13.4. The largest absolute Gasteiger partial charge is 0.388 e. The van der Waals surface area contributed by atoms with Crippen molar-refractivity contribution in [2.75, 3.05) is 26.3 Å². The summed E-state index contributed by atoms with van der Waals surface area (Å²) in [6.07, 6.45) is -0.827. The first-order chi connectivity index (χ1) is 12.1. The molecular formula is C20H24FNO3. The van der Waals surface area contributed by atoms with E-state index in [4.69, 9.17) is 4.74 Å². The molecule has 3 rings (SSSR count). The van der Waals surface area contributed by atoms with Crippen LogP contribution in [0.5, 0.6) is 0 Å². The minimum Gasteiger partial charge on any atom is -0.388 e. The van der Waals surface area contributed by atoms with Crippen molar-refractivity contribution in [3.05, 3.63) is 71.5 Å². The van der Waals surface area contributed by atoms with Gasteiger partial charge in [-0.15, -0.1) is 0 Å². The molecule has 0 bridgehead atoms. The number of benzene rings is 2. The van der Waals surface area contributed by atoms with Crippen molar-refractivity contribution in [1.29, 1.82) is 0 Å². The zero-order chi connectivity index (χ0) is 17.6. The molecule has 1 saturated heterocycles. The molecule has 1 fully saturated rings. The summed E-state index contributed by atoms with van der Waals surface area (Å²) in [5.74, 6) is -0.352. The summed E-state index contributed by atoms with van der Waals surface area (Å²) in [4.78, 5) is 2.12. The van der Waals surface area contributed by atoms with Crippen LogP contribution in [0.2, 0.25) is 0 Å². The lowest BCUT2D eigenvalue weighted by molar-refractivity contribution is -0.0424. The summed E-state index contributed by atoms with van der Waals surface area (Å²) in [6.45, 7) is 2.17. The number of nitrogens with zero attached hydrogens (tertiary/aromatic N) is 1. The van der Waals surface area contributed by atoms with Crippen LogP contribution in [0.25, 0.3) is 0 Å². The lowest BCUT2D eigenvalue weighted by atomic mass is 10.00. The molecule has 0 spiro atoms. The zero-order valence-corrected chi connectivity index (χ0v) is 14.1. The molecule has 3 atom stereocenters. The van der Waals surface area contributed by atoms with Crippen molar-refractivity contribution < 1.29 is 19.3 Å². The normalized spacial score (nSPS) is 21.0. The number of aliphatic hydroxyl groups is 2. The van der Waals surface area contributed by atoms with Crippen LogP contribution in [-0.4, -0.2) is 47.5 Å². The van der Waals surface area contributed by atoms with Crippen LogP contribution in [0.1, 0.15) is 29.8 Å². The van der Waals surface area contributed by atoms with E-state index in [1.165, 1.54) is 12.1 Å². The first-order valence-corrected chi connectivity index (χ1v) is 8.62. The predicted molar refractivity (Wildman–Crippen MR) is 93.6 cm³/mol. The number of hydrogen-bond donors (Lipinski definition) is 2. The van der Waals surface area contributed by atoms with Crippen LogP contribution in [0.4, 0.5) is 4.39 Å². The first-order valence-electron chi connectivity index (χ1n) is 8.62. The van der Waals surface area contributed by atoms with Crippen LogP contribution < -0.4 is 0 Å². The molecule has 2 aromatic rings. The fraction of sp³-hybridized carbons (Fsp3) is 0.400. The molecule has 1 aliphatic heterocycles. The molecule has 3 unspecified atom stereocenters. The fourth-order valence-electron chi connectivity index (χ4n) is 3.26. The van der Waals surface area contributed by atoms with E-state index in [0.29, 0.717) is 38.3 Å². The van der Waals surface area contributed by atoms with Gasteiger partial charge in [0.25, 0.3) is 0 Å². The van der Waals surface area contributed by atoms with E-state index in [1.807, 2.05) is 30.3 Å². The summed E-state index contributed by atoms with van der Waals surface area (Å²) >= 11 is 0. The Morgan fingerprint density at radius 1 is 1.04 bits per heavy atom. The molecule has 1 aliphatic rings. The third-order valence-electron chi connectivity index (χ3n) is 4.67. The molecule has 0 aromatic heterocycles. The molecule has 0 radical (unpaired) electrons. The van der Waals surface area contributed by atoms with Gasteiger partial charge in [0.1, 0.15) is 5.82 Å². The standard InChI is InChI=1S/C20H24FNO3/c21-17-8-4-7-16(11-17)20(24)13-22-9-10-25-14-18(22)12-19(23)15-5-2-1-3-6-15/h1-8,11,18-20,23-24H,9-10,12-14H2. The SMILES string of the molecule is OC(CC1COCCN1CC(O)c1cccc(F)c1)c1ccccc1. The van der Waals surface area contributed by atoms with E-state index >= 15 is 0 Å². The summed E-state index contributed by atoms with van der Waals surface area (Å²) in [6, 6.07) is 15.6. The second-order valence-electron chi connectivity index (χ2n) is 6.46. The zero-order valence-electron chi connectivity index (χ0n) is 14.1. The molecule has 134 valence electrons. The number of β-amino-alcohol motifs (C(OH)–C–C–N with tert-alkyl or cyclic N) is 1. The summed E-state index contributed by atoms with van der Waals surface area (Å²) in [5.41, 5.74) is 1.44. The highest BCUT2D eigenvalue weighted by molar-refractivity contribution is 5.19. The third-order valence-corrected chi connectivity index (χ3v) is 4.67. The number of rotatable bonds is 6. The summed E-state index contributed by atoms with van der Waals surface area (Å²) < 4.78 is 18.9. The molecular weight excluding hydrogens is 321 g/mol. The van der Waals surface area contributed by atoms with E-state index in [2.05, 4.69) is 4.90 Å². The van der Waals surface area contributed by atoms with Crippen molar-refractivity contribution in [3.63, 3.8) is 0 Å². The highest BCUT2D eigenvalue weighted by atomic mass is 19.1. The van der Waals surface area contributed by atoms with Crippen LogP contribution >= 0.6 is 0 Å². The molecule has 25 heavy (non-hydrogen) atoms. The second-order valence-corrected chi connectivity index (χ2v) is 6.46. The Bertz CT molecular complexity index is 667. The second kappa shape index (κ2) is 8.54. The van der Waals surface area contributed by atoms with Gasteiger partial charge >= 0.3 is 0 Å². The number of hydrogen-bond acceptors (Lipinski definition) is 4. The van der Waals surface area contributed by atoms with Crippen LogP contribution in [-0.2, 0) is 4.74 Å². The van der Waals surface area contributed by atoms with Gasteiger partial charge in [0.15, 0.2) is 0 Å². The maximum atomic E-state index is 13.4. The van der Waals surface area contributed by atoms with E-state index in [0.717, 1.165) is 5.56 Å². The first kappa shape index (κ1) is 18.0. The average Bonchev–Trinajstić information content (AvgIpc) is 2.64. The summed E-state index contributed by atoms with van der Waals surface area (Å²) in [5, 5.41) is 20.9. The number of aliphatic hydroxyl groups excluding tert-OH is 2. The maximum Gasteiger partial charge on any atom is 0.123 e. The highest BCUT2D eigenvalue weighted by Gasteiger charge is 2.28. The Morgan fingerprint density at radius 3 is 2.56 bits per heavy atom. The van der Waals surface area contributed by atoms with E-state index in [1.54, 1.807) is 12.1 Å². The van der Waals surface area contributed by atoms with Crippen molar-refractivity contribution >= 4 is 0 Å². The van der Waals surface area contributed by atoms with Crippen LogP contribution in [0.15, 0.2) is 54.6 Å². The van der Waals surface area contributed by atoms with Crippen molar-refractivity contribution in [3.8, 4) is 0 Å². The Hall–Kier alpha value is -1.79. The van der Waals surface area contributed by atoms with Gasteiger partial charge in [0.05, 0.1) is 25.4 Å². The number of halogens is 1. The monoisotopic (exact) mass is 345 g/mol. The Balaban J connectivity index is 1.64. The van der Waals surface area contributed by atoms with Gasteiger partial charge < -0.3 is 14.9 Å². The minimum atomic E-state index is -0.773. The average molecular weight is 345 g/mol. The van der Waals surface area contributed by atoms with E-state index < -0.39 is 12.2 Å². The Morgan fingerprint density at radius 2 is 1.80 bits per heavy atom. The third kappa shape index (κ3) is 4.86. The van der Waals surface area contributed by atoms with Crippen molar-refractivity contribution in [2.45, 2.75) is 24.7 Å².